The lowest BCUT2D eigenvalue weighted by Crippen LogP contribution is -2.34. The van der Waals surface area contributed by atoms with Crippen LogP contribution in [0.2, 0.25) is 0 Å². The van der Waals surface area contributed by atoms with Crippen LogP contribution in [-0.2, 0) is 0 Å². The summed E-state index contributed by atoms with van der Waals surface area (Å²) in [7, 11) is -0.943. The fourth-order valence-electron chi connectivity index (χ4n) is 3.83. The minimum atomic E-state index is -0.943. The third kappa shape index (κ3) is 3.74. The van der Waals surface area contributed by atoms with Crippen molar-refractivity contribution in [2.45, 2.75) is 0 Å². The van der Waals surface area contributed by atoms with Gasteiger partial charge < -0.3 is 0 Å². The Morgan fingerprint density at radius 1 is 0.516 bits per heavy atom. The van der Waals surface area contributed by atoms with Crippen molar-refractivity contribution in [2.24, 2.45) is 0 Å². The zero-order valence-corrected chi connectivity index (χ0v) is 19.1. The normalized spacial score (nSPS) is 12.6. The van der Waals surface area contributed by atoms with Gasteiger partial charge >= 0.3 is 0 Å². The number of carbonyl (C=O) groups is 2. The predicted octanol–water partition coefficient (Wildman–Crippen LogP) is 4.82. The molecule has 0 aromatic heterocycles. The predicted molar refractivity (Wildman–Crippen MR) is 133 cm³/mol. The monoisotopic (exact) mass is 487 g/mol. The van der Waals surface area contributed by atoms with Crippen LogP contribution in [0.25, 0.3) is 0 Å². The second kappa shape index (κ2) is 8.97. The van der Waals surface area contributed by atoms with Gasteiger partial charge in [-0.25, -0.2) is 4.90 Å². The Kier molecular flexibility index (Phi) is 6.13. The van der Waals surface area contributed by atoms with Crippen molar-refractivity contribution in [1.82, 2.24) is 0 Å². The average molecular weight is 488 g/mol. The molecule has 0 saturated heterocycles. The molecule has 5 heteroatoms. The summed E-state index contributed by atoms with van der Waals surface area (Å²) in [6, 6.07) is 35.3. The smallest absolute Gasteiger partial charge is 0.266 e. The van der Waals surface area contributed by atoms with Crippen LogP contribution in [0.15, 0.2) is 109 Å². The zero-order chi connectivity index (χ0) is 20.5. The van der Waals surface area contributed by atoms with Crippen molar-refractivity contribution < 1.29 is 9.59 Å². The van der Waals surface area contributed by atoms with Crippen LogP contribution in [0.5, 0.6) is 0 Å². The lowest BCUT2D eigenvalue weighted by atomic mass is 10.1. The number of anilines is 1. The van der Waals surface area contributed by atoms with E-state index in [2.05, 4.69) is 24.3 Å². The van der Waals surface area contributed by atoms with Crippen LogP contribution >= 0.6 is 24.9 Å². The highest BCUT2D eigenvalue weighted by Crippen LogP contribution is 2.38. The quantitative estimate of drug-likeness (QED) is 0.305. The number of carbonyl (C=O) groups excluding carboxylic acids is 2. The van der Waals surface area contributed by atoms with Crippen molar-refractivity contribution in [1.29, 1.82) is 0 Å². The van der Waals surface area contributed by atoms with Crippen molar-refractivity contribution >= 4 is 58.3 Å². The van der Waals surface area contributed by atoms with Gasteiger partial charge in [-0.1, -0.05) is 91.0 Å². The number of para-hydroxylation sites is 1. The van der Waals surface area contributed by atoms with E-state index < -0.39 is 7.92 Å². The van der Waals surface area contributed by atoms with Crippen molar-refractivity contribution in [3.63, 3.8) is 0 Å². The van der Waals surface area contributed by atoms with Gasteiger partial charge in [0.15, 0.2) is 0 Å². The van der Waals surface area contributed by atoms with E-state index in [1.54, 1.807) is 24.3 Å². The molecule has 1 aliphatic rings. The van der Waals surface area contributed by atoms with Crippen molar-refractivity contribution in [2.75, 3.05) is 4.90 Å². The van der Waals surface area contributed by atoms with E-state index in [9.17, 15) is 9.59 Å². The molecule has 1 aliphatic heterocycles. The van der Waals surface area contributed by atoms with E-state index in [1.807, 2.05) is 60.7 Å². The molecule has 0 atom stereocenters. The van der Waals surface area contributed by atoms with Crippen LogP contribution in [0.3, 0.4) is 0 Å². The maximum atomic E-state index is 13.2. The lowest BCUT2D eigenvalue weighted by Gasteiger charge is -2.25. The van der Waals surface area contributed by atoms with E-state index in [0.29, 0.717) is 16.8 Å². The van der Waals surface area contributed by atoms with Gasteiger partial charge in [-0.15, -0.1) is 17.0 Å². The third-order valence-corrected chi connectivity index (χ3v) is 7.68. The van der Waals surface area contributed by atoms with Crippen molar-refractivity contribution in [3.8, 4) is 0 Å². The first-order valence-corrected chi connectivity index (χ1v) is 11.1. The van der Waals surface area contributed by atoms with Crippen LogP contribution in [0.4, 0.5) is 5.69 Å². The number of imide groups is 1. The van der Waals surface area contributed by atoms with Crippen LogP contribution in [0.1, 0.15) is 20.7 Å². The van der Waals surface area contributed by atoms with Gasteiger partial charge in [0, 0.05) is 5.30 Å². The Labute approximate surface area is 192 Å². The van der Waals surface area contributed by atoms with Gasteiger partial charge in [-0.05, 0) is 36.7 Å². The first-order valence-electron chi connectivity index (χ1n) is 9.73. The van der Waals surface area contributed by atoms with Gasteiger partial charge in [0.2, 0.25) is 0 Å². The second-order valence-corrected chi connectivity index (χ2v) is 9.17. The van der Waals surface area contributed by atoms with Gasteiger partial charge in [0.1, 0.15) is 0 Å². The molecule has 4 aromatic rings. The summed E-state index contributed by atoms with van der Waals surface area (Å²) in [5.74, 6) is -0.529. The number of amides is 2. The Morgan fingerprint density at radius 2 is 0.935 bits per heavy atom. The molecule has 0 bridgehead atoms. The molecule has 0 unspecified atom stereocenters. The highest BCUT2D eigenvalue weighted by Gasteiger charge is 2.38. The minimum Gasteiger partial charge on any atom is -0.268 e. The lowest BCUT2D eigenvalue weighted by molar-refractivity contribution is 0.0926. The molecule has 0 radical (unpaired) electrons. The molecular weight excluding hydrogens is 469 g/mol. The molecule has 0 fully saturated rings. The molecule has 4 aromatic carbocycles. The summed E-state index contributed by atoms with van der Waals surface area (Å²) < 4.78 is 0. The van der Waals surface area contributed by atoms with Crippen LogP contribution in [-0.4, -0.2) is 11.8 Å². The molecule has 1 heterocycles. The Bertz CT molecular complexity index is 1170. The first-order chi connectivity index (χ1) is 14.8. The Balaban J connectivity index is 0.00000231. The summed E-state index contributed by atoms with van der Waals surface area (Å²) in [6.45, 7) is 0. The number of rotatable bonds is 4. The molecule has 31 heavy (non-hydrogen) atoms. The van der Waals surface area contributed by atoms with E-state index >= 15 is 0 Å². The number of halogens is 1. The van der Waals surface area contributed by atoms with E-state index in [1.165, 1.54) is 15.5 Å². The van der Waals surface area contributed by atoms with Crippen LogP contribution < -0.4 is 20.8 Å². The summed E-state index contributed by atoms with van der Waals surface area (Å²) in [5, 5.41) is 3.32. The number of hydrogen-bond donors (Lipinski definition) is 0. The van der Waals surface area contributed by atoms with Gasteiger partial charge in [-0.3, -0.25) is 9.59 Å². The number of hydrogen-bond acceptors (Lipinski definition) is 2. The Morgan fingerprint density at radius 3 is 1.45 bits per heavy atom. The van der Waals surface area contributed by atoms with Crippen molar-refractivity contribution in [3.05, 3.63) is 120 Å². The molecule has 0 spiro atoms. The fourth-order valence-corrected chi connectivity index (χ4v) is 6.27. The Hall–Kier alpha value is -3.07. The topological polar surface area (TPSA) is 37.4 Å². The number of nitrogens with zero attached hydrogens (tertiary/aromatic N) is 1. The van der Waals surface area contributed by atoms with E-state index in [4.69, 9.17) is 0 Å². The highest BCUT2D eigenvalue weighted by atomic mass is 79.9. The summed E-state index contributed by atoms with van der Waals surface area (Å²) in [5.41, 5.74) is 1.57. The van der Waals surface area contributed by atoms with E-state index in [0.717, 1.165) is 5.30 Å². The molecule has 0 aliphatic carbocycles. The molecule has 3 nitrogen and oxygen atoms in total. The number of benzene rings is 4. The standard InChI is InChI=1S/C26H18NO2P.BrH/c28-25-21-15-7-8-16-22(21)26(29)27(25)23-17-9-10-18-24(23)30(19-11-3-1-4-12-19)20-13-5-2-6-14-20;/h1-18H;1H. The minimum absolute atomic E-state index is 0. The summed E-state index contributed by atoms with van der Waals surface area (Å²) in [4.78, 5) is 27.7. The van der Waals surface area contributed by atoms with Gasteiger partial charge in [-0.2, -0.15) is 0 Å². The largest absolute Gasteiger partial charge is 0.268 e. The number of fused-ring (bicyclic) bond motifs is 1. The maximum absolute atomic E-state index is 13.2. The zero-order valence-electron chi connectivity index (χ0n) is 16.5. The van der Waals surface area contributed by atoms with E-state index in [-0.39, 0.29) is 28.8 Å². The first kappa shape index (κ1) is 21.2. The molecule has 0 saturated carbocycles. The third-order valence-electron chi connectivity index (χ3n) is 5.19. The van der Waals surface area contributed by atoms with Crippen LogP contribution in [0, 0.1) is 0 Å². The highest BCUT2D eigenvalue weighted by molar-refractivity contribution is 8.93. The molecule has 5 rings (SSSR count). The molecular formula is C26H19BrNO2P. The molecule has 2 amide bonds. The SMILES string of the molecule is Br.O=C1c2ccccc2C(=O)N1c1ccccc1P(c1ccccc1)c1ccccc1. The molecule has 152 valence electrons. The second-order valence-electron chi connectivity index (χ2n) is 6.99. The van der Waals surface area contributed by atoms with Gasteiger partial charge in [0.05, 0.1) is 16.8 Å². The molecule has 0 N–H and O–H groups in total. The fraction of sp³-hybridized carbons (Fsp3) is 0. The average Bonchev–Trinajstić information content (AvgIpc) is 3.06. The van der Waals surface area contributed by atoms with Gasteiger partial charge in [0.25, 0.3) is 11.8 Å². The summed E-state index contributed by atoms with van der Waals surface area (Å²) in [6.07, 6.45) is 0. The summed E-state index contributed by atoms with van der Waals surface area (Å²) >= 11 is 0. The maximum Gasteiger partial charge on any atom is 0.266 e.